The smallest absolute Gasteiger partial charge is 0.286 e. The molecule has 0 radical (unpaired) electrons. The molecular weight excluding hydrogens is 376 g/mol. The standard InChI is InChI=1S/C22H26O7/c1-8(2)20-15(28-20)16-22(29-16)19(4)6-5-10-13(14(9(3)23)26-17(10)24)11(19)7-12-21(22,27-12)18(20)25/h8,11-12,15-16,18,24-25H,5-7H2,1-4H3/t11?,12-,15-,16-,18+,19-,20-,21+,22+/m0/s1. The third-order valence-electron chi connectivity index (χ3n) is 9.38. The van der Waals surface area contributed by atoms with Gasteiger partial charge >= 0.3 is 0 Å². The molecule has 3 aliphatic heterocycles. The van der Waals surface area contributed by atoms with Crippen LogP contribution in [0.25, 0.3) is 0 Å². The SMILES string of the molecule is CC(=O)c1oc(O)c2c1C1C[C@@H]3O[C@@]34[C@H](O)[C@@]3(C(C)C)O[C@H]3[C@@H]3O[C@@]34[C@@]1(C)CC2. The molecule has 2 N–H and O–H groups in total. The fourth-order valence-corrected chi connectivity index (χ4v) is 7.93. The van der Waals surface area contributed by atoms with Gasteiger partial charge in [0, 0.05) is 23.5 Å². The van der Waals surface area contributed by atoms with Crippen molar-refractivity contribution in [2.24, 2.45) is 11.3 Å². The van der Waals surface area contributed by atoms with E-state index in [9.17, 15) is 15.0 Å². The number of hydrogen-bond acceptors (Lipinski definition) is 7. The van der Waals surface area contributed by atoms with Gasteiger partial charge in [-0.1, -0.05) is 20.8 Å². The maximum absolute atomic E-state index is 12.3. The van der Waals surface area contributed by atoms with Crippen LogP contribution in [0.5, 0.6) is 5.95 Å². The van der Waals surface area contributed by atoms with Gasteiger partial charge in [-0.3, -0.25) is 4.79 Å². The molecule has 0 bridgehead atoms. The van der Waals surface area contributed by atoms with Crippen molar-refractivity contribution in [1.82, 2.24) is 0 Å². The number of carbonyl (C=O) groups excluding carboxylic acids is 1. The van der Waals surface area contributed by atoms with E-state index in [1.165, 1.54) is 6.92 Å². The molecule has 9 atom stereocenters. The Balaban J connectivity index is 1.40. The first-order chi connectivity index (χ1) is 13.7. The van der Waals surface area contributed by atoms with E-state index < -0.39 is 22.9 Å². The van der Waals surface area contributed by atoms with Gasteiger partial charge in [0.05, 0.1) is 6.10 Å². The minimum absolute atomic E-state index is 0.0297. The molecule has 7 heteroatoms. The van der Waals surface area contributed by atoms with Crippen LogP contribution >= 0.6 is 0 Å². The van der Waals surface area contributed by atoms with E-state index in [0.717, 1.165) is 17.5 Å². The molecule has 1 aromatic rings. The normalized spacial score (nSPS) is 55.0. The van der Waals surface area contributed by atoms with Crippen LogP contribution in [0.1, 0.15) is 68.1 Å². The summed E-state index contributed by atoms with van der Waals surface area (Å²) in [4.78, 5) is 12.3. The lowest BCUT2D eigenvalue weighted by Crippen LogP contribution is -2.68. The molecule has 5 fully saturated rings. The summed E-state index contributed by atoms with van der Waals surface area (Å²) in [5, 5.41) is 21.9. The van der Waals surface area contributed by atoms with E-state index in [1.54, 1.807) is 0 Å². The van der Waals surface area contributed by atoms with Crippen molar-refractivity contribution in [2.45, 2.75) is 94.1 Å². The second-order valence-electron chi connectivity index (χ2n) is 10.5. The lowest BCUT2D eigenvalue weighted by atomic mass is 9.46. The number of aliphatic hydroxyl groups is 1. The Morgan fingerprint density at radius 3 is 2.66 bits per heavy atom. The highest BCUT2D eigenvalue weighted by molar-refractivity contribution is 5.94. The van der Waals surface area contributed by atoms with E-state index in [-0.39, 0.29) is 53.1 Å². The summed E-state index contributed by atoms with van der Waals surface area (Å²) in [5.74, 6) is 0.0731. The average Bonchev–Trinajstić information content (AvgIpc) is 3.54. The quantitative estimate of drug-likeness (QED) is 0.576. The van der Waals surface area contributed by atoms with Crippen LogP contribution in [0.2, 0.25) is 0 Å². The molecule has 29 heavy (non-hydrogen) atoms. The zero-order valence-corrected chi connectivity index (χ0v) is 17.0. The molecule has 6 aliphatic rings. The van der Waals surface area contributed by atoms with Gasteiger partial charge in [-0.15, -0.1) is 0 Å². The van der Waals surface area contributed by atoms with Crippen LogP contribution in [0, 0.1) is 11.3 Å². The number of hydrogen-bond donors (Lipinski definition) is 2. The second kappa shape index (κ2) is 4.44. The van der Waals surface area contributed by atoms with Crippen LogP contribution in [0.4, 0.5) is 0 Å². The van der Waals surface area contributed by atoms with Crippen molar-refractivity contribution in [3.05, 3.63) is 16.9 Å². The first-order valence-electron chi connectivity index (χ1n) is 10.7. The summed E-state index contributed by atoms with van der Waals surface area (Å²) in [6.45, 7) is 7.84. The van der Waals surface area contributed by atoms with Crippen molar-refractivity contribution < 1.29 is 33.6 Å². The minimum Gasteiger partial charge on any atom is -0.480 e. The van der Waals surface area contributed by atoms with Crippen molar-refractivity contribution in [3.8, 4) is 5.95 Å². The molecule has 0 amide bonds. The van der Waals surface area contributed by atoms with E-state index in [2.05, 4.69) is 20.8 Å². The molecule has 7 nitrogen and oxygen atoms in total. The lowest BCUT2D eigenvalue weighted by Gasteiger charge is -2.53. The largest absolute Gasteiger partial charge is 0.480 e. The summed E-state index contributed by atoms with van der Waals surface area (Å²) in [5.41, 5.74) is -0.710. The first-order valence-corrected chi connectivity index (χ1v) is 10.7. The zero-order chi connectivity index (χ0) is 20.3. The molecule has 4 heterocycles. The lowest BCUT2D eigenvalue weighted by molar-refractivity contribution is -0.0921. The van der Waals surface area contributed by atoms with Crippen molar-refractivity contribution in [3.63, 3.8) is 0 Å². The van der Waals surface area contributed by atoms with E-state index in [4.69, 9.17) is 18.6 Å². The molecule has 3 aliphatic carbocycles. The highest BCUT2D eigenvalue weighted by atomic mass is 16.7. The molecule has 1 unspecified atom stereocenters. The van der Waals surface area contributed by atoms with Gasteiger partial charge in [0.25, 0.3) is 5.95 Å². The Morgan fingerprint density at radius 2 is 1.97 bits per heavy atom. The zero-order valence-electron chi connectivity index (χ0n) is 17.0. The van der Waals surface area contributed by atoms with Crippen LogP contribution < -0.4 is 0 Å². The Labute approximate surface area is 168 Å². The summed E-state index contributed by atoms with van der Waals surface area (Å²) in [6.07, 6.45) is 0.968. The van der Waals surface area contributed by atoms with Crippen LogP contribution in [-0.2, 0) is 20.6 Å². The summed E-state index contributed by atoms with van der Waals surface area (Å²) >= 11 is 0. The number of fused-ring (bicyclic) bond motifs is 5. The van der Waals surface area contributed by atoms with Gasteiger partial charge < -0.3 is 28.8 Å². The van der Waals surface area contributed by atoms with Crippen molar-refractivity contribution >= 4 is 5.78 Å². The number of furan rings is 1. The Bertz CT molecular complexity index is 998. The van der Waals surface area contributed by atoms with Crippen LogP contribution in [0.3, 0.4) is 0 Å². The summed E-state index contributed by atoms with van der Waals surface area (Å²) in [6, 6.07) is 0. The van der Waals surface area contributed by atoms with Gasteiger partial charge in [-0.25, -0.2) is 0 Å². The number of ether oxygens (including phenoxy) is 3. The Kier molecular flexibility index (Phi) is 2.65. The molecule has 2 saturated carbocycles. The molecule has 2 spiro atoms. The third kappa shape index (κ3) is 1.44. The van der Waals surface area contributed by atoms with Gasteiger partial charge in [-0.2, -0.15) is 0 Å². The maximum Gasteiger partial charge on any atom is 0.286 e. The van der Waals surface area contributed by atoms with Gasteiger partial charge in [0.2, 0.25) is 0 Å². The fraction of sp³-hybridized carbons (Fsp3) is 0.773. The molecular formula is C22H26O7. The molecule has 1 aromatic heterocycles. The molecule has 7 rings (SSSR count). The average molecular weight is 402 g/mol. The Hall–Kier alpha value is -1.41. The minimum atomic E-state index is -0.736. The molecule has 3 saturated heterocycles. The van der Waals surface area contributed by atoms with Crippen molar-refractivity contribution in [2.75, 3.05) is 0 Å². The number of epoxide rings is 3. The number of Topliss-reactive ketones (excluding diaryl/α,β-unsaturated/α-hetero) is 1. The summed E-state index contributed by atoms with van der Waals surface area (Å²) < 4.78 is 24.5. The first kappa shape index (κ1) is 17.3. The van der Waals surface area contributed by atoms with E-state index >= 15 is 0 Å². The van der Waals surface area contributed by atoms with Crippen molar-refractivity contribution in [1.29, 1.82) is 0 Å². The van der Waals surface area contributed by atoms with Crippen LogP contribution in [0.15, 0.2) is 4.42 Å². The topological polar surface area (TPSA) is 108 Å². The van der Waals surface area contributed by atoms with Gasteiger partial charge in [0.15, 0.2) is 17.1 Å². The van der Waals surface area contributed by atoms with Gasteiger partial charge in [0.1, 0.15) is 29.5 Å². The number of rotatable bonds is 2. The maximum atomic E-state index is 12.3. The van der Waals surface area contributed by atoms with Crippen LogP contribution in [-0.4, -0.2) is 57.2 Å². The molecule has 0 aromatic carbocycles. The number of carbonyl (C=O) groups is 1. The number of aromatic hydroxyl groups is 1. The Morgan fingerprint density at radius 1 is 1.21 bits per heavy atom. The number of aliphatic hydroxyl groups excluding tert-OH is 1. The predicted molar refractivity (Wildman–Crippen MR) is 97.8 cm³/mol. The fourth-order valence-electron chi connectivity index (χ4n) is 7.93. The predicted octanol–water partition coefficient (Wildman–Crippen LogP) is 2.07. The van der Waals surface area contributed by atoms with Gasteiger partial charge in [-0.05, 0) is 31.1 Å². The molecule has 156 valence electrons. The second-order valence-corrected chi connectivity index (χ2v) is 10.5. The van der Waals surface area contributed by atoms with E-state index in [1.807, 2.05) is 0 Å². The number of ketones is 1. The highest BCUT2D eigenvalue weighted by Crippen LogP contribution is 2.83. The van der Waals surface area contributed by atoms with E-state index in [0.29, 0.717) is 12.8 Å². The highest BCUT2D eigenvalue weighted by Gasteiger charge is 3.00. The summed E-state index contributed by atoms with van der Waals surface area (Å²) in [7, 11) is 0. The third-order valence-corrected chi connectivity index (χ3v) is 9.38. The monoisotopic (exact) mass is 402 g/mol.